The van der Waals surface area contributed by atoms with Gasteiger partial charge in [0.05, 0.1) is 6.42 Å². The molecule has 0 saturated carbocycles. The van der Waals surface area contributed by atoms with Crippen molar-refractivity contribution in [2.24, 2.45) is 0 Å². The zero-order chi connectivity index (χ0) is 31.6. The molecule has 0 bridgehead atoms. The molecule has 230 valence electrons. The molecule has 0 spiro atoms. The molecule has 0 aromatic heterocycles. The van der Waals surface area contributed by atoms with E-state index in [0.29, 0.717) is 29.9 Å². The molecular formula is C30H31I6O6-. The summed E-state index contributed by atoms with van der Waals surface area (Å²) >= 11 is 9.54. The number of Topliss-reactive ketones (excluding diaryl/α,β-unsaturated/α-hetero) is 2. The molecule has 12 heteroatoms. The van der Waals surface area contributed by atoms with Crippen LogP contribution in [0.4, 0.5) is 0 Å². The van der Waals surface area contributed by atoms with Crippen molar-refractivity contribution in [1.82, 2.24) is 0 Å². The monoisotopic (exact) mass is 1250 g/mol. The maximum absolute atomic E-state index is 11.2. The summed E-state index contributed by atoms with van der Waals surface area (Å²) in [6.07, 6.45) is 2.41. The Kier molecular flexibility index (Phi) is 33.9. The number of halogens is 6. The zero-order valence-electron chi connectivity index (χ0n) is 22.8. The molecule has 6 nitrogen and oxygen atoms in total. The van der Waals surface area contributed by atoms with Crippen LogP contribution in [-0.2, 0) is 14.4 Å². The van der Waals surface area contributed by atoms with Crippen molar-refractivity contribution >= 4 is 133 Å². The molecule has 0 fully saturated rings. The third-order valence-electron chi connectivity index (χ3n) is 4.32. The molecule has 0 aliphatic rings. The third kappa shape index (κ3) is 26.2. The molecule has 42 heavy (non-hydrogen) atoms. The molecule has 0 amide bonds. The van der Waals surface area contributed by atoms with Crippen LogP contribution in [0.3, 0.4) is 0 Å². The Balaban J connectivity index is -0.000000498. The summed E-state index contributed by atoms with van der Waals surface area (Å²) in [6, 6.07) is 26.7. The molecule has 0 unspecified atom stereocenters. The third-order valence-corrected chi connectivity index (χ3v) is 4.32. The molecule has 0 atom stereocenters. The number of aliphatic hydroxyl groups is 2. The van der Waals surface area contributed by atoms with Crippen LogP contribution < -0.4 is 13.3 Å². The summed E-state index contributed by atoms with van der Waals surface area (Å²) in [6.45, 7) is 4.22. The van der Waals surface area contributed by atoms with Crippen molar-refractivity contribution < 1.29 is 42.6 Å². The van der Waals surface area contributed by atoms with Gasteiger partial charge in [0.2, 0.25) is 0 Å². The Morgan fingerprint density at radius 2 is 0.881 bits per heavy atom. The fourth-order valence-electron chi connectivity index (χ4n) is 2.72. The summed E-state index contributed by atoms with van der Waals surface area (Å²) in [5, 5.41) is 18.7. The Bertz CT molecular complexity index is 1170. The second kappa shape index (κ2) is 30.8. The van der Waals surface area contributed by atoms with Crippen LogP contribution >= 0.6 is 98.4 Å². The van der Waals surface area contributed by atoms with Crippen LogP contribution in [0.25, 0.3) is 11.5 Å². The Morgan fingerprint density at radius 3 is 1.12 bits per heavy atom. The van der Waals surface area contributed by atoms with Gasteiger partial charge in [0.15, 0.2) is 17.3 Å². The minimum atomic E-state index is -0.156. The van der Waals surface area contributed by atoms with Gasteiger partial charge in [-0.1, -0.05) is 91.0 Å². The van der Waals surface area contributed by atoms with E-state index in [-0.39, 0.29) is 65.0 Å². The van der Waals surface area contributed by atoms with E-state index in [1.54, 1.807) is 72.8 Å². The van der Waals surface area contributed by atoms with E-state index in [9.17, 15) is 29.4 Å². The first-order valence-corrected chi connectivity index (χ1v) is 30.4. The van der Waals surface area contributed by atoms with Gasteiger partial charge in [0, 0.05) is 66.1 Å². The number of aliphatic hydroxyl groups excluding tert-OH is 2. The average molecular weight is 1250 g/mol. The standard InChI is InChI=1S/3C10H10O2.I3.I2.HI/c3*1-8(11)7-10(12)9-5-3-2-4-6-9;1-3-2;1-2;/h2-6H,7H2,1H3;2*2-7,12H,1H3;;;1H/q;;;-1;;/b;10-7-;;;;. The first-order valence-electron chi connectivity index (χ1n) is 11.5. The molecule has 0 radical (unpaired) electrons. The molecule has 0 aliphatic carbocycles. The number of ketones is 4. The fraction of sp³-hybridized carbons (Fsp3) is 0.133. The van der Waals surface area contributed by atoms with E-state index >= 15 is 0 Å². The Labute approximate surface area is 317 Å². The number of hydrogen-bond donors (Lipinski definition) is 2. The van der Waals surface area contributed by atoms with Crippen LogP contribution in [-0.4, -0.2) is 33.3 Å². The number of allylic oxidation sites excluding steroid dienone is 2. The topological polar surface area (TPSA) is 109 Å². The van der Waals surface area contributed by atoms with Crippen LogP contribution in [0.1, 0.15) is 48.7 Å². The fourth-order valence-corrected chi connectivity index (χ4v) is 2.72. The first kappa shape index (κ1) is 46.2. The van der Waals surface area contributed by atoms with Crippen molar-refractivity contribution in [2.75, 3.05) is 0 Å². The van der Waals surface area contributed by atoms with Gasteiger partial charge in [-0.15, -0.1) is 24.0 Å². The van der Waals surface area contributed by atoms with E-state index in [2.05, 4.69) is 74.5 Å². The van der Waals surface area contributed by atoms with E-state index in [4.69, 9.17) is 0 Å². The molecule has 0 heterocycles. The Hall–Kier alpha value is -0.200. The van der Waals surface area contributed by atoms with Gasteiger partial charge in [-0.3, -0.25) is 19.2 Å². The number of hydrogen-bond acceptors (Lipinski definition) is 6. The molecule has 3 aromatic carbocycles. The SMILES string of the molecule is CC(=O)/C=C(\O)c1ccccc1.CC(=O)C=C(O)c1ccccc1.CC(=O)CC(=O)c1ccccc1.I.II.I[I-]I. The minimum absolute atomic E-state index is 0. The second-order valence-electron chi connectivity index (χ2n) is 7.73. The van der Waals surface area contributed by atoms with E-state index in [0.717, 1.165) is 0 Å². The van der Waals surface area contributed by atoms with Gasteiger partial charge in [-0.05, 0) is 20.8 Å². The van der Waals surface area contributed by atoms with Gasteiger partial charge in [-0.2, -0.15) is 0 Å². The van der Waals surface area contributed by atoms with Gasteiger partial charge in [0.1, 0.15) is 17.3 Å². The molecule has 3 rings (SSSR count). The van der Waals surface area contributed by atoms with Gasteiger partial charge in [0.25, 0.3) is 0 Å². The zero-order valence-corrected chi connectivity index (χ0v) is 36.0. The summed E-state index contributed by atoms with van der Waals surface area (Å²) in [7, 11) is 0. The van der Waals surface area contributed by atoms with Gasteiger partial charge < -0.3 is 10.2 Å². The average Bonchev–Trinajstić information content (AvgIpc) is 2.96. The molecule has 2 N–H and O–H groups in total. The Morgan fingerprint density at radius 1 is 0.619 bits per heavy atom. The van der Waals surface area contributed by atoms with Gasteiger partial charge >= 0.3 is 50.5 Å². The first-order chi connectivity index (χ1) is 19.5. The van der Waals surface area contributed by atoms with Crippen LogP contribution in [0.2, 0.25) is 0 Å². The van der Waals surface area contributed by atoms with Crippen LogP contribution in [0.15, 0.2) is 103 Å². The van der Waals surface area contributed by atoms with E-state index < -0.39 is 0 Å². The predicted molar refractivity (Wildman–Crippen MR) is 213 cm³/mol. The van der Waals surface area contributed by atoms with Crippen molar-refractivity contribution in [3.05, 3.63) is 120 Å². The van der Waals surface area contributed by atoms with Crippen LogP contribution in [0, 0.1) is 0 Å². The maximum atomic E-state index is 11.2. The summed E-state index contributed by atoms with van der Waals surface area (Å²) in [5.74, 6) is -0.481. The molecule has 0 saturated heterocycles. The van der Waals surface area contributed by atoms with Crippen molar-refractivity contribution in [1.29, 1.82) is 0 Å². The molecular weight excluding hydrogens is 1220 g/mol. The quantitative estimate of drug-likeness (QED) is 0.0843. The van der Waals surface area contributed by atoms with Crippen LogP contribution in [0.5, 0.6) is 0 Å². The second-order valence-corrected chi connectivity index (χ2v) is 24.0. The van der Waals surface area contributed by atoms with E-state index in [1.165, 1.54) is 32.9 Å². The van der Waals surface area contributed by atoms with Crippen molar-refractivity contribution in [2.45, 2.75) is 27.2 Å². The normalized spacial score (nSPS) is 9.79. The van der Waals surface area contributed by atoms with Crippen molar-refractivity contribution in [3.63, 3.8) is 0 Å². The number of carbonyl (C=O) groups is 4. The predicted octanol–water partition coefficient (Wildman–Crippen LogP) is 7.36. The van der Waals surface area contributed by atoms with E-state index in [1.807, 2.05) is 18.2 Å². The molecule has 0 aliphatic heterocycles. The summed E-state index contributed by atoms with van der Waals surface area (Å²) < 4.78 is 0. The van der Waals surface area contributed by atoms with Crippen molar-refractivity contribution in [3.8, 4) is 0 Å². The number of rotatable bonds is 7. The number of carbonyl (C=O) groups excluding carboxylic acids is 4. The number of benzene rings is 3. The summed E-state index contributed by atoms with van der Waals surface area (Å²) in [5.41, 5.74) is 1.92. The van der Waals surface area contributed by atoms with Gasteiger partial charge in [-0.25, -0.2) is 0 Å². The summed E-state index contributed by atoms with van der Waals surface area (Å²) in [4.78, 5) is 43.0. The molecule has 3 aromatic rings.